The highest BCUT2D eigenvalue weighted by atomic mass is 32.1. The van der Waals surface area contributed by atoms with Gasteiger partial charge < -0.3 is 14.8 Å². The summed E-state index contributed by atoms with van der Waals surface area (Å²) in [6.45, 7) is 5.82. The number of benzene rings is 1. The number of amides is 1. The fraction of sp³-hybridized carbons (Fsp3) is 0.417. The third-order valence-corrected chi connectivity index (χ3v) is 7.00. The van der Waals surface area contributed by atoms with E-state index in [1.54, 1.807) is 20.4 Å². The first-order chi connectivity index (χ1) is 15.1. The van der Waals surface area contributed by atoms with Crippen molar-refractivity contribution in [2.24, 2.45) is 0 Å². The van der Waals surface area contributed by atoms with E-state index >= 15 is 0 Å². The summed E-state index contributed by atoms with van der Waals surface area (Å²) in [6.07, 6.45) is 2.81. The molecule has 0 unspecified atom stereocenters. The number of fused-ring (bicyclic) bond motifs is 1. The molecule has 31 heavy (non-hydrogen) atoms. The molecule has 3 aromatic rings. The van der Waals surface area contributed by atoms with Gasteiger partial charge in [-0.25, -0.2) is 4.98 Å². The molecule has 4 rings (SSSR count). The molecule has 1 aromatic carbocycles. The molecule has 1 N–H and O–H groups in total. The summed E-state index contributed by atoms with van der Waals surface area (Å²) in [5.74, 6) is 1.24. The van der Waals surface area contributed by atoms with Crippen LogP contribution in [0, 0.1) is 6.92 Å². The first-order valence-corrected chi connectivity index (χ1v) is 11.4. The van der Waals surface area contributed by atoms with Crippen molar-refractivity contribution in [2.45, 2.75) is 25.8 Å². The molecule has 0 bridgehead atoms. The second kappa shape index (κ2) is 9.77. The Morgan fingerprint density at radius 3 is 2.97 bits per heavy atom. The van der Waals surface area contributed by atoms with E-state index < -0.39 is 0 Å². The lowest BCUT2D eigenvalue weighted by Gasteiger charge is -2.19. The quantitative estimate of drug-likeness (QED) is 0.538. The molecule has 0 radical (unpaired) electrons. The molecule has 2 aromatic heterocycles. The third-order valence-electron chi connectivity index (χ3n) is 5.87. The first-order valence-electron chi connectivity index (χ1n) is 10.6. The van der Waals surface area contributed by atoms with Gasteiger partial charge >= 0.3 is 0 Å². The van der Waals surface area contributed by atoms with Crippen molar-refractivity contribution < 1.29 is 14.3 Å². The molecule has 0 spiro atoms. The molecular weight excluding hydrogens is 410 g/mol. The Morgan fingerprint density at radius 1 is 1.29 bits per heavy atom. The van der Waals surface area contributed by atoms with E-state index in [4.69, 9.17) is 9.47 Å². The molecule has 1 atom stereocenters. The fourth-order valence-electron chi connectivity index (χ4n) is 4.45. The van der Waals surface area contributed by atoms with Crippen LogP contribution in [0.3, 0.4) is 0 Å². The topological polar surface area (TPSA) is 63.7 Å². The highest BCUT2D eigenvalue weighted by Crippen LogP contribution is 2.40. The molecule has 6 nitrogen and oxygen atoms in total. The van der Waals surface area contributed by atoms with Crippen LogP contribution in [0.2, 0.25) is 0 Å². The van der Waals surface area contributed by atoms with Crippen molar-refractivity contribution in [3.05, 3.63) is 58.1 Å². The number of likely N-dealkylation sites (tertiary alicyclic amines) is 1. The Morgan fingerprint density at radius 2 is 2.16 bits per heavy atom. The molecule has 1 saturated heterocycles. The third kappa shape index (κ3) is 4.59. The van der Waals surface area contributed by atoms with Gasteiger partial charge in [0.15, 0.2) is 0 Å². The second-order valence-electron chi connectivity index (χ2n) is 7.94. The lowest BCUT2D eigenvalue weighted by atomic mass is 9.95. The Kier molecular flexibility index (Phi) is 6.85. The normalized spacial score (nSPS) is 16.7. The van der Waals surface area contributed by atoms with Crippen LogP contribution in [0.5, 0.6) is 5.75 Å². The van der Waals surface area contributed by atoms with Crippen LogP contribution in [-0.2, 0) is 11.3 Å². The molecule has 1 fully saturated rings. The molecule has 1 amide bonds. The number of nitrogens with zero attached hydrogens (tertiary/aromatic N) is 2. The van der Waals surface area contributed by atoms with Crippen LogP contribution < -0.4 is 10.1 Å². The number of hydrogen-bond donors (Lipinski definition) is 1. The summed E-state index contributed by atoms with van der Waals surface area (Å²) in [7, 11) is 3.37. The summed E-state index contributed by atoms with van der Waals surface area (Å²) >= 11 is 1.49. The van der Waals surface area contributed by atoms with Crippen molar-refractivity contribution >= 4 is 27.5 Å². The molecule has 7 heteroatoms. The second-order valence-corrected chi connectivity index (χ2v) is 8.94. The zero-order valence-electron chi connectivity index (χ0n) is 18.3. The Bertz CT molecular complexity index is 1070. The van der Waals surface area contributed by atoms with Crippen LogP contribution >= 0.6 is 11.3 Å². The van der Waals surface area contributed by atoms with Gasteiger partial charge in [0.05, 0.1) is 18.6 Å². The monoisotopic (exact) mass is 439 g/mol. The summed E-state index contributed by atoms with van der Waals surface area (Å²) in [5.41, 5.74) is 3.50. The van der Waals surface area contributed by atoms with Crippen LogP contribution in [0.15, 0.2) is 36.5 Å². The fourth-order valence-corrected chi connectivity index (χ4v) is 5.60. The summed E-state index contributed by atoms with van der Waals surface area (Å²) < 4.78 is 10.7. The number of methoxy groups -OCH3 is 2. The van der Waals surface area contributed by atoms with Gasteiger partial charge in [-0.05, 0) is 37.1 Å². The number of aromatic nitrogens is 1. The first kappa shape index (κ1) is 21.7. The van der Waals surface area contributed by atoms with Gasteiger partial charge in [0, 0.05) is 49.8 Å². The van der Waals surface area contributed by atoms with Crippen LogP contribution in [0.25, 0.3) is 10.2 Å². The highest BCUT2D eigenvalue weighted by Gasteiger charge is 2.31. The maximum Gasteiger partial charge on any atom is 0.261 e. The highest BCUT2D eigenvalue weighted by molar-refractivity contribution is 7.20. The van der Waals surface area contributed by atoms with Gasteiger partial charge in [0.2, 0.25) is 0 Å². The van der Waals surface area contributed by atoms with Gasteiger partial charge in [0.1, 0.15) is 10.6 Å². The number of ether oxygens (including phenoxy) is 2. The van der Waals surface area contributed by atoms with E-state index in [-0.39, 0.29) is 5.91 Å². The molecule has 1 aliphatic heterocycles. The maximum atomic E-state index is 12.9. The molecule has 164 valence electrons. The van der Waals surface area contributed by atoms with Crippen molar-refractivity contribution in [1.82, 2.24) is 15.2 Å². The van der Waals surface area contributed by atoms with Crippen molar-refractivity contribution in [3.63, 3.8) is 0 Å². The van der Waals surface area contributed by atoms with E-state index in [0.717, 1.165) is 58.0 Å². The number of pyridine rings is 1. The van der Waals surface area contributed by atoms with E-state index in [9.17, 15) is 4.79 Å². The van der Waals surface area contributed by atoms with Gasteiger partial charge in [-0.1, -0.05) is 24.3 Å². The van der Waals surface area contributed by atoms with Crippen LogP contribution in [0.4, 0.5) is 0 Å². The Balaban J connectivity index is 1.57. The van der Waals surface area contributed by atoms with Gasteiger partial charge in [-0.15, -0.1) is 11.3 Å². The average Bonchev–Trinajstić information content (AvgIpc) is 3.38. The number of carbonyl (C=O) groups is 1. The smallest absolute Gasteiger partial charge is 0.261 e. The largest absolute Gasteiger partial charge is 0.496 e. The zero-order chi connectivity index (χ0) is 21.8. The van der Waals surface area contributed by atoms with E-state index in [1.165, 1.54) is 16.9 Å². The minimum Gasteiger partial charge on any atom is -0.496 e. The SMILES string of the molecule is COCCNC(=O)c1sc2ncccc2c1[C@H]1CCN(Cc2cccc(C)c2OC)C1. The molecular formula is C24H29N3O3S. The summed E-state index contributed by atoms with van der Waals surface area (Å²) in [5, 5.41) is 4.09. The minimum atomic E-state index is -0.0335. The van der Waals surface area contributed by atoms with Crippen molar-refractivity contribution in [2.75, 3.05) is 40.5 Å². The number of rotatable bonds is 8. The average molecular weight is 440 g/mol. The van der Waals surface area contributed by atoms with E-state index in [0.29, 0.717) is 19.1 Å². The van der Waals surface area contributed by atoms with Gasteiger partial charge in [-0.3, -0.25) is 9.69 Å². The molecule has 3 heterocycles. The van der Waals surface area contributed by atoms with Crippen molar-refractivity contribution in [1.29, 1.82) is 0 Å². The Hall–Kier alpha value is -2.48. The van der Waals surface area contributed by atoms with Crippen LogP contribution in [0.1, 0.15) is 38.7 Å². The number of hydrogen-bond acceptors (Lipinski definition) is 6. The lowest BCUT2D eigenvalue weighted by Crippen LogP contribution is -2.27. The maximum absolute atomic E-state index is 12.9. The van der Waals surface area contributed by atoms with Crippen molar-refractivity contribution in [3.8, 4) is 5.75 Å². The molecule has 0 saturated carbocycles. The Labute approximate surface area is 187 Å². The molecule has 0 aliphatic carbocycles. The number of carbonyl (C=O) groups excluding carboxylic acids is 1. The van der Waals surface area contributed by atoms with Gasteiger partial charge in [0.25, 0.3) is 5.91 Å². The lowest BCUT2D eigenvalue weighted by molar-refractivity contribution is 0.0940. The predicted octanol–water partition coefficient (Wildman–Crippen LogP) is 3.98. The number of para-hydroxylation sites is 1. The zero-order valence-corrected chi connectivity index (χ0v) is 19.1. The number of aryl methyl sites for hydroxylation is 1. The number of thiophene rings is 1. The predicted molar refractivity (Wildman–Crippen MR) is 124 cm³/mol. The van der Waals surface area contributed by atoms with E-state index in [2.05, 4.69) is 46.4 Å². The van der Waals surface area contributed by atoms with Crippen LogP contribution in [-0.4, -0.2) is 56.3 Å². The standard InChI is InChI=1S/C24H29N3O3S/c1-16-6-4-7-18(21(16)30-3)15-27-12-9-17(14-27)20-19-8-5-10-26-24(19)31-22(20)23(28)25-11-13-29-2/h4-8,10,17H,9,11-15H2,1-3H3,(H,25,28)/t17-/m0/s1. The summed E-state index contributed by atoms with van der Waals surface area (Å²) in [4.78, 5) is 21.6. The summed E-state index contributed by atoms with van der Waals surface area (Å²) in [6, 6.07) is 10.3. The van der Waals surface area contributed by atoms with E-state index in [1.807, 2.05) is 6.07 Å². The minimum absolute atomic E-state index is 0.0335. The number of nitrogens with one attached hydrogen (secondary N) is 1. The van der Waals surface area contributed by atoms with Gasteiger partial charge in [-0.2, -0.15) is 0 Å². The molecule has 1 aliphatic rings.